The zero-order chi connectivity index (χ0) is 19.5. The maximum absolute atomic E-state index is 11.8. The first-order chi connectivity index (χ1) is 12.7. The van der Waals surface area contributed by atoms with E-state index in [4.69, 9.17) is 0 Å². The lowest BCUT2D eigenvalue weighted by Crippen LogP contribution is -2.76. The van der Waals surface area contributed by atoms with E-state index in [0.29, 0.717) is 0 Å². The van der Waals surface area contributed by atoms with Gasteiger partial charge in [-0.1, -0.05) is 91.8 Å². The fourth-order valence-electron chi connectivity index (χ4n) is 6.67. The molecule has 0 bridgehead atoms. The second-order valence-electron chi connectivity index (χ2n) is 9.75. The van der Waals surface area contributed by atoms with Crippen LogP contribution in [0.1, 0.15) is 40.5 Å². The summed E-state index contributed by atoms with van der Waals surface area (Å²) < 4.78 is 0. The molecule has 2 N–H and O–H groups in total. The Bertz CT molecular complexity index is 775. The van der Waals surface area contributed by atoms with Crippen LogP contribution in [0.3, 0.4) is 0 Å². The van der Waals surface area contributed by atoms with Crippen LogP contribution in [0, 0.1) is 11.3 Å². The monoisotopic (exact) mass is 380 g/mol. The van der Waals surface area contributed by atoms with Crippen LogP contribution < -0.4 is 10.4 Å². The Morgan fingerprint density at radius 2 is 1.33 bits per heavy atom. The fourth-order valence-corrected chi connectivity index (χ4v) is 13.9. The van der Waals surface area contributed by atoms with Crippen molar-refractivity contribution in [1.82, 2.24) is 0 Å². The van der Waals surface area contributed by atoms with Crippen LogP contribution in [-0.2, 0) is 0 Å². The molecule has 1 heterocycles. The molecule has 1 aliphatic carbocycles. The molecule has 144 valence electrons. The summed E-state index contributed by atoms with van der Waals surface area (Å²) in [6.07, 6.45) is 1.41. The third-order valence-corrected chi connectivity index (χ3v) is 14.7. The van der Waals surface area contributed by atoms with Gasteiger partial charge in [0.2, 0.25) is 0 Å². The highest BCUT2D eigenvalue weighted by molar-refractivity contribution is 7.05. The summed E-state index contributed by atoms with van der Waals surface area (Å²) in [6.45, 7) is 8.80. The minimum Gasteiger partial charge on any atom is -0.393 e. The standard InChI is InChI=1S/C24H32O2Si/c1-22(2)20-15-16-23(3,26)24(20,4)27(17-21(22)25,18-11-7-5-8-12-18)19-13-9-6-10-14-19/h5-14,20-21,25-26H,15-17H2,1-4H3/t20-,21-,23?,24-/m0/s1. The van der Waals surface area contributed by atoms with Crippen LogP contribution >= 0.6 is 0 Å². The average Bonchev–Trinajstić information content (AvgIpc) is 2.91. The molecule has 3 heteroatoms. The van der Waals surface area contributed by atoms with Gasteiger partial charge in [0.25, 0.3) is 0 Å². The third-order valence-electron chi connectivity index (χ3n) is 8.41. The summed E-state index contributed by atoms with van der Waals surface area (Å²) in [7, 11) is -2.48. The molecule has 2 nitrogen and oxygen atoms in total. The van der Waals surface area contributed by atoms with Gasteiger partial charge in [-0.05, 0) is 37.1 Å². The van der Waals surface area contributed by atoms with E-state index in [0.717, 1.165) is 18.9 Å². The van der Waals surface area contributed by atoms with E-state index in [1.165, 1.54) is 10.4 Å². The van der Waals surface area contributed by atoms with Gasteiger partial charge in [0.05, 0.1) is 11.7 Å². The summed E-state index contributed by atoms with van der Waals surface area (Å²) in [4.78, 5) is 0. The molecule has 0 radical (unpaired) electrons. The lowest BCUT2D eigenvalue weighted by atomic mass is 9.67. The molecule has 27 heavy (non-hydrogen) atoms. The normalized spacial score (nSPS) is 37.0. The van der Waals surface area contributed by atoms with Crippen molar-refractivity contribution >= 4 is 18.4 Å². The van der Waals surface area contributed by atoms with Gasteiger partial charge in [-0.2, -0.15) is 0 Å². The minimum atomic E-state index is -2.48. The molecular weight excluding hydrogens is 348 g/mol. The Morgan fingerprint density at radius 1 is 0.852 bits per heavy atom. The Hall–Kier alpha value is -1.42. The van der Waals surface area contributed by atoms with Crippen LogP contribution in [0.5, 0.6) is 0 Å². The van der Waals surface area contributed by atoms with E-state index in [1.54, 1.807) is 0 Å². The van der Waals surface area contributed by atoms with Crippen molar-refractivity contribution in [3.05, 3.63) is 60.7 Å². The first-order valence-corrected chi connectivity index (χ1v) is 12.4. The largest absolute Gasteiger partial charge is 0.393 e. The predicted molar refractivity (Wildman–Crippen MR) is 114 cm³/mol. The summed E-state index contributed by atoms with van der Waals surface area (Å²) in [5.74, 6) is 0.288. The van der Waals surface area contributed by atoms with Gasteiger partial charge in [0.15, 0.2) is 0 Å². The Balaban J connectivity index is 2.08. The van der Waals surface area contributed by atoms with Crippen molar-refractivity contribution in [2.75, 3.05) is 0 Å². The number of benzene rings is 2. The van der Waals surface area contributed by atoms with Crippen LogP contribution in [0.15, 0.2) is 60.7 Å². The second-order valence-corrected chi connectivity index (χ2v) is 14.2. The molecule has 2 aromatic rings. The molecule has 0 spiro atoms. The number of fused-ring (bicyclic) bond motifs is 1. The number of hydrogen-bond acceptors (Lipinski definition) is 2. The van der Waals surface area contributed by atoms with Gasteiger partial charge in [-0.3, -0.25) is 0 Å². The van der Waals surface area contributed by atoms with E-state index in [-0.39, 0.29) is 22.5 Å². The van der Waals surface area contributed by atoms with Crippen molar-refractivity contribution in [2.45, 2.75) is 63.3 Å². The summed E-state index contributed by atoms with van der Waals surface area (Å²) >= 11 is 0. The van der Waals surface area contributed by atoms with Crippen LogP contribution in [0.25, 0.3) is 0 Å². The van der Waals surface area contributed by atoms with Crippen LogP contribution in [0.4, 0.5) is 0 Å². The summed E-state index contributed by atoms with van der Waals surface area (Å²) in [6, 6.07) is 22.3. The molecule has 4 rings (SSSR count). The molecule has 2 aliphatic rings. The second kappa shape index (κ2) is 6.04. The zero-order valence-corrected chi connectivity index (χ0v) is 17.9. The fraction of sp³-hybridized carbons (Fsp3) is 0.500. The van der Waals surface area contributed by atoms with E-state index in [2.05, 4.69) is 88.4 Å². The number of aliphatic hydroxyl groups is 2. The van der Waals surface area contributed by atoms with Gasteiger partial charge < -0.3 is 10.2 Å². The quantitative estimate of drug-likeness (QED) is 0.782. The Kier molecular flexibility index (Phi) is 4.23. The van der Waals surface area contributed by atoms with Crippen molar-refractivity contribution < 1.29 is 10.2 Å². The van der Waals surface area contributed by atoms with Gasteiger partial charge in [0, 0.05) is 5.04 Å². The maximum atomic E-state index is 11.8. The minimum absolute atomic E-state index is 0.199. The molecule has 1 saturated heterocycles. The highest BCUT2D eigenvalue weighted by atomic mass is 28.3. The lowest BCUT2D eigenvalue weighted by Gasteiger charge is -2.63. The van der Waals surface area contributed by atoms with Crippen molar-refractivity contribution in [2.24, 2.45) is 11.3 Å². The van der Waals surface area contributed by atoms with Gasteiger partial charge in [0.1, 0.15) is 8.07 Å². The van der Waals surface area contributed by atoms with Crippen molar-refractivity contribution in [3.8, 4) is 0 Å². The summed E-state index contributed by atoms with van der Waals surface area (Å²) in [5, 5.41) is 25.6. The molecule has 1 unspecified atom stereocenters. The topological polar surface area (TPSA) is 40.5 Å². The van der Waals surface area contributed by atoms with Crippen molar-refractivity contribution in [1.29, 1.82) is 0 Å². The summed E-state index contributed by atoms with van der Waals surface area (Å²) in [5.41, 5.74) is -0.942. The van der Waals surface area contributed by atoms with E-state index < -0.39 is 13.7 Å². The zero-order valence-electron chi connectivity index (χ0n) is 16.9. The molecule has 2 aromatic carbocycles. The molecule has 1 aliphatic heterocycles. The highest BCUT2D eigenvalue weighted by Gasteiger charge is 2.73. The van der Waals surface area contributed by atoms with Crippen LogP contribution in [0.2, 0.25) is 11.1 Å². The van der Waals surface area contributed by atoms with Gasteiger partial charge in [-0.25, -0.2) is 0 Å². The third kappa shape index (κ3) is 2.31. The predicted octanol–water partition coefficient (Wildman–Crippen LogP) is 3.57. The lowest BCUT2D eigenvalue weighted by molar-refractivity contribution is -0.0432. The van der Waals surface area contributed by atoms with Crippen LogP contribution in [-0.4, -0.2) is 30.0 Å². The molecule has 1 saturated carbocycles. The smallest absolute Gasteiger partial charge is 0.129 e. The first-order valence-electron chi connectivity index (χ1n) is 10.2. The molecule has 2 fully saturated rings. The van der Waals surface area contributed by atoms with E-state index >= 15 is 0 Å². The molecule has 4 atom stereocenters. The molecular formula is C24H32O2Si. The Labute approximate surface area is 164 Å². The average molecular weight is 381 g/mol. The molecule has 0 aromatic heterocycles. The Morgan fingerprint density at radius 3 is 1.81 bits per heavy atom. The highest BCUT2D eigenvalue weighted by Crippen LogP contribution is 2.70. The van der Waals surface area contributed by atoms with Crippen molar-refractivity contribution in [3.63, 3.8) is 0 Å². The SMILES string of the molecule is CC1(C)[C@@H](O)C[Si](c2ccccc2)(c2ccccc2)[C@@]2(C)[C@H]1CCC2(C)O. The van der Waals surface area contributed by atoms with E-state index in [9.17, 15) is 10.2 Å². The van der Waals surface area contributed by atoms with E-state index in [1.807, 2.05) is 0 Å². The number of aliphatic hydroxyl groups excluding tert-OH is 1. The van der Waals surface area contributed by atoms with Gasteiger partial charge >= 0.3 is 0 Å². The maximum Gasteiger partial charge on any atom is 0.129 e. The first kappa shape index (κ1) is 18.9. The molecule has 0 amide bonds. The number of hydrogen-bond donors (Lipinski definition) is 2. The van der Waals surface area contributed by atoms with Gasteiger partial charge in [-0.15, -0.1) is 0 Å². The number of rotatable bonds is 2.